The summed E-state index contributed by atoms with van der Waals surface area (Å²) in [5, 5.41) is 3.84. The fraction of sp³-hybridized carbons (Fsp3) is 0.538. The molecule has 1 saturated heterocycles. The maximum Gasteiger partial charge on any atom is 0.123 e. The van der Waals surface area contributed by atoms with Crippen LogP contribution in [0.15, 0.2) is 24.3 Å². The van der Waals surface area contributed by atoms with Crippen molar-refractivity contribution < 1.29 is 4.39 Å². The fourth-order valence-corrected chi connectivity index (χ4v) is 2.51. The molecule has 0 saturated carbocycles. The monoisotopic (exact) mass is 241 g/mol. The molecule has 0 amide bonds. The highest BCUT2D eigenvalue weighted by Gasteiger charge is 2.36. The predicted octanol–water partition coefficient (Wildman–Crippen LogP) is 3.22. The number of benzene rings is 1. The van der Waals surface area contributed by atoms with Crippen molar-refractivity contribution in [1.82, 2.24) is 5.32 Å². The van der Waals surface area contributed by atoms with Gasteiger partial charge >= 0.3 is 0 Å². The molecule has 0 radical (unpaired) electrons. The summed E-state index contributed by atoms with van der Waals surface area (Å²) < 4.78 is 14.2. The van der Waals surface area contributed by atoms with Crippen molar-refractivity contribution in [2.45, 2.75) is 25.4 Å². The molecule has 2 rings (SSSR count). The first-order chi connectivity index (χ1) is 7.59. The Hall–Kier alpha value is -0.600. The molecule has 1 aliphatic rings. The molecule has 1 aromatic rings. The van der Waals surface area contributed by atoms with E-state index in [1.54, 1.807) is 6.92 Å². The molecule has 2 unspecified atom stereocenters. The number of rotatable bonds is 2. The minimum atomic E-state index is -1.13. The number of hydrogen-bond acceptors (Lipinski definition) is 1. The third-order valence-electron chi connectivity index (χ3n) is 3.42. The zero-order chi connectivity index (χ0) is 11.6. The van der Waals surface area contributed by atoms with E-state index in [2.05, 4.69) is 5.32 Å². The molecular weight excluding hydrogens is 225 g/mol. The highest BCUT2D eigenvalue weighted by molar-refractivity contribution is 6.31. The van der Waals surface area contributed by atoms with Crippen LogP contribution in [-0.4, -0.2) is 18.8 Å². The van der Waals surface area contributed by atoms with Crippen LogP contribution in [-0.2, 0) is 6.42 Å². The summed E-state index contributed by atoms with van der Waals surface area (Å²) in [5.74, 6) is 0.0636. The zero-order valence-corrected chi connectivity index (χ0v) is 10.2. The fourth-order valence-electron chi connectivity index (χ4n) is 2.30. The molecule has 1 aromatic carbocycles. The first kappa shape index (κ1) is 11.9. The van der Waals surface area contributed by atoms with Crippen LogP contribution in [0.1, 0.15) is 18.9 Å². The molecule has 0 spiro atoms. The lowest BCUT2D eigenvalue weighted by atomic mass is 9.81. The van der Waals surface area contributed by atoms with Gasteiger partial charge in [-0.2, -0.15) is 0 Å². The summed E-state index contributed by atoms with van der Waals surface area (Å²) in [4.78, 5) is 0. The Kier molecular flexibility index (Phi) is 3.50. The lowest BCUT2D eigenvalue weighted by molar-refractivity contribution is 0.0712. The van der Waals surface area contributed by atoms with Crippen molar-refractivity contribution in [2.24, 2.45) is 5.92 Å². The van der Waals surface area contributed by atoms with Crippen LogP contribution in [0, 0.1) is 5.92 Å². The third-order valence-corrected chi connectivity index (χ3v) is 3.78. The molecule has 1 N–H and O–H groups in total. The van der Waals surface area contributed by atoms with Crippen LogP contribution >= 0.6 is 11.6 Å². The van der Waals surface area contributed by atoms with Crippen molar-refractivity contribution in [3.05, 3.63) is 34.9 Å². The van der Waals surface area contributed by atoms with Crippen molar-refractivity contribution >= 4 is 11.6 Å². The largest absolute Gasteiger partial charge is 0.314 e. The molecule has 2 atom stereocenters. The van der Waals surface area contributed by atoms with Crippen molar-refractivity contribution in [1.29, 1.82) is 0 Å². The third kappa shape index (κ3) is 2.55. The van der Waals surface area contributed by atoms with Gasteiger partial charge in [0, 0.05) is 11.6 Å². The van der Waals surface area contributed by atoms with Gasteiger partial charge in [-0.05, 0) is 43.9 Å². The van der Waals surface area contributed by atoms with Gasteiger partial charge < -0.3 is 5.32 Å². The van der Waals surface area contributed by atoms with Crippen molar-refractivity contribution in [3.63, 3.8) is 0 Å². The zero-order valence-electron chi connectivity index (χ0n) is 9.47. The number of nitrogens with one attached hydrogen (secondary N) is 1. The van der Waals surface area contributed by atoms with Crippen molar-refractivity contribution in [3.8, 4) is 0 Å². The smallest absolute Gasteiger partial charge is 0.123 e. The molecule has 1 aliphatic heterocycles. The van der Waals surface area contributed by atoms with E-state index in [1.165, 1.54) is 0 Å². The van der Waals surface area contributed by atoms with Crippen LogP contribution < -0.4 is 5.32 Å². The Morgan fingerprint density at radius 1 is 1.50 bits per heavy atom. The second-order valence-electron chi connectivity index (χ2n) is 4.74. The first-order valence-electron chi connectivity index (χ1n) is 5.72. The normalized spacial score (nSPS) is 30.3. The van der Waals surface area contributed by atoms with E-state index in [1.807, 2.05) is 24.3 Å². The number of alkyl halides is 1. The van der Waals surface area contributed by atoms with Crippen LogP contribution in [0.25, 0.3) is 0 Å². The van der Waals surface area contributed by atoms with Gasteiger partial charge in [0.05, 0.1) is 0 Å². The standard InChI is InChI=1S/C13H17ClFN/c1-13(15)9-16-7-6-11(13)8-10-4-2-3-5-12(10)14/h2-5,11,16H,6-9H2,1H3. The van der Waals surface area contributed by atoms with Crippen LogP contribution in [0.4, 0.5) is 4.39 Å². The van der Waals surface area contributed by atoms with Crippen LogP contribution in [0.2, 0.25) is 5.02 Å². The molecule has 1 fully saturated rings. The molecular formula is C13H17ClFN. The number of hydrogen-bond donors (Lipinski definition) is 1. The summed E-state index contributed by atoms with van der Waals surface area (Å²) >= 11 is 6.10. The van der Waals surface area contributed by atoms with Crippen LogP contribution in [0.3, 0.4) is 0 Å². The van der Waals surface area contributed by atoms with Crippen molar-refractivity contribution in [2.75, 3.05) is 13.1 Å². The summed E-state index contributed by atoms with van der Waals surface area (Å²) in [6.07, 6.45) is 1.60. The van der Waals surface area contributed by atoms with E-state index in [4.69, 9.17) is 11.6 Å². The van der Waals surface area contributed by atoms with E-state index in [9.17, 15) is 4.39 Å². The molecule has 3 heteroatoms. The highest BCUT2D eigenvalue weighted by Crippen LogP contribution is 2.32. The van der Waals surface area contributed by atoms with Gasteiger partial charge in [-0.25, -0.2) is 4.39 Å². The molecule has 0 bridgehead atoms. The predicted molar refractivity (Wildman–Crippen MR) is 65.6 cm³/mol. The average Bonchev–Trinajstić information content (AvgIpc) is 2.24. The molecule has 0 aliphatic carbocycles. The Bertz CT molecular complexity index is 365. The van der Waals surface area contributed by atoms with E-state index in [0.29, 0.717) is 6.54 Å². The number of piperidine rings is 1. The molecule has 16 heavy (non-hydrogen) atoms. The second kappa shape index (κ2) is 4.72. The molecule has 88 valence electrons. The molecule has 0 aromatic heterocycles. The van der Waals surface area contributed by atoms with Gasteiger partial charge in [0.25, 0.3) is 0 Å². The Labute approximate surface area is 101 Å². The SMILES string of the molecule is CC1(F)CNCCC1Cc1ccccc1Cl. The quantitative estimate of drug-likeness (QED) is 0.839. The maximum absolute atomic E-state index is 14.2. The van der Waals surface area contributed by atoms with Crippen LogP contribution in [0.5, 0.6) is 0 Å². The minimum absolute atomic E-state index is 0.0636. The van der Waals surface area contributed by atoms with E-state index < -0.39 is 5.67 Å². The summed E-state index contributed by atoms with van der Waals surface area (Å²) in [5.41, 5.74) is -0.0721. The Morgan fingerprint density at radius 2 is 2.25 bits per heavy atom. The van der Waals surface area contributed by atoms with Gasteiger partial charge in [0.15, 0.2) is 0 Å². The van der Waals surface area contributed by atoms with Gasteiger partial charge in [-0.1, -0.05) is 29.8 Å². The summed E-state index contributed by atoms with van der Waals surface area (Å²) in [6, 6.07) is 7.72. The Balaban J connectivity index is 2.12. The first-order valence-corrected chi connectivity index (χ1v) is 6.10. The minimum Gasteiger partial charge on any atom is -0.314 e. The molecule has 1 heterocycles. The average molecular weight is 242 g/mol. The topological polar surface area (TPSA) is 12.0 Å². The molecule has 1 nitrogen and oxygen atoms in total. The van der Waals surface area contributed by atoms with E-state index in [-0.39, 0.29) is 5.92 Å². The lowest BCUT2D eigenvalue weighted by Gasteiger charge is -2.35. The summed E-state index contributed by atoms with van der Waals surface area (Å²) in [7, 11) is 0. The van der Waals surface area contributed by atoms with Gasteiger partial charge in [-0.15, -0.1) is 0 Å². The lowest BCUT2D eigenvalue weighted by Crippen LogP contribution is -2.47. The number of halogens is 2. The maximum atomic E-state index is 14.2. The van der Waals surface area contributed by atoms with E-state index in [0.717, 1.165) is 30.0 Å². The van der Waals surface area contributed by atoms with Gasteiger partial charge in [0.1, 0.15) is 5.67 Å². The summed E-state index contributed by atoms with van der Waals surface area (Å²) in [6.45, 7) is 3.03. The second-order valence-corrected chi connectivity index (χ2v) is 5.14. The van der Waals surface area contributed by atoms with Gasteiger partial charge in [0.2, 0.25) is 0 Å². The van der Waals surface area contributed by atoms with E-state index >= 15 is 0 Å². The highest BCUT2D eigenvalue weighted by atomic mass is 35.5. The Morgan fingerprint density at radius 3 is 2.94 bits per heavy atom. The van der Waals surface area contributed by atoms with Gasteiger partial charge in [-0.3, -0.25) is 0 Å².